The van der Waals surface area contributed by atoms with Crippen LogP contribution in [-0.2, 0) is 11.3 Å². The van der Waals surface area contributed by atoms with Crippen LogP contribution in [0, 0.1) is 0 Å². The predicted octanol–water partition coefficient (Wildman–Crippen LogP) is -0.0622. The number of nitrogens with two attached hydrogens (primary N) is 1. The third-order valence-corrected chi connectivity index (χ3v) is 1.95. The molecule has 1 rings (SSSR count). The molecule has 1 aromatic heterocycles. The number of amides is 1. The number of hydrogen-bond donors (Lipinski definition) is 2. The highest BCUT2D eigenvalue weighted by molar-refractivity contribution is 5.92. The summed E-state index contributed by atoms with van der Waals surface area (Å²) in [5, 5.41) is 8.45. The zero-order valence-corrected chi connectivity index (χ0v) is 8.22. The summed E-state index contributed by atoms with van der Waals surface area (Å²) in [6.07, 6.45) is 4.04. The van der Waals surface area contributed by atoms with Gasteiger partial charge in [-0.3, -0.25) is 9.59 Å². The molecule has 15 heavy (non-hydrogen) atoms. The van der Waals surface area contributed by atoms with E-state index >= 15 is 0 Å². The van der Waals surface area contributed by atoms with Gasteiger partial charge in [-0.2, -0.15) is 0 Å². The first-order valence-electron chi connectivity index (χ1n) is 4.60. The standard InChI is InChI=1S/C10H12N2O3/c11-10(15)8-3-1-5-12(7-8)6-2-4-9(13)14/h1,3,5,7H,2,4,6H2,(H2-,11,13,14,15)/p+1. The van der Waals surface area contributed by atoms with Crippen molar-refractivity contribution in [2.24, 2.45) is 5.73 Å². The maximum atomic E-state index is 10.8. The number of pyridine rings is 1. The summed E-state index contributed by atoms with van der Waals surface area (Å²) in [6.45, 7) is 0.563. The first kappa shape index (κ1) is 11.2. The van der Waals surface area contributed by atoms with Crippen LogP contribution >= 0.6 is 0 Å². The van der Waals surface area contributed by atoms with E-state index in [1.165, 1.54) is 0 Å². The maximum absolute atomic E-state index is 10.8. The van der Waals surface area contributed by atoms with E-state index in [1.54, 1.807) is 29.1 Å². The Hall–Kier alpha value is -1.91. The molecule has 0 unspecified atom stereocenters. The van der Waals surface area contributed by atoms with Crippen LogP contribution in [0.4, 0.5) is 0 Å². The lowest BCUT2D eigenvalue weighted by molar-refractivity contribution is -0.697. The average molecular weight is 209 g/mol. The monoisotopic (exact) mass is 209 g/mol. The predicted molar refractivity (Wildman–Crippen MR) is 52.0 cm³/mol. The molecule has 3 N–H and O–H groups in total. The first-order chi connectivity index (χ1) is 7.09. The van der Waals surface area contributed by atoms with Crippen molar-refractivity contribution < 1.29 is 19.3 Å². The molecule has 80 valence electrons. The minimum Gasteiger partial charge on any atom is -0.481 e. The fourth-order valence-electron chi connectivity index (χ4n) is 1.22. The van der Waals surface area contributed by atoms with Gasteiger partial charge in [0.1, 0.15) is 12.1 Å². The Kier molecular flexibility index (Phi) is 3.79. The van der Waals surface area contributed by atoms with Crippen LogP contribution in [0.5, 0.6) is 0 Å². The molecule has 1 amide bonds. The van der Waals surface area contributed by atoms with E-state index in [-0.39, 0.29) is 6.42 Å². The lowest BCUT2D eigenvalue weighted by Gasteiger charge is -1.97. The van der Waals surface area contributed by atoms with E-state index in [0.29, 0.717) is 18.5 Å². The van der Waals surface area contributed by atoms with Crippen molar-refractivity contribution in [1.29, 1.82) is 0 Å². The van der Waals surface area contributed by atoms with E-state index < -0.39 is 11.9 Å². The number of aliphatic carboxylic acids is 1. The summed E-state index contributed by atoms with van der Waals surface area (Å²) in [7, 11) is 0. The number of carboxylic acid groups (broad SMARTS) is 1. The van der Waals surface area contributed by atoms with Gasteiger partial charge in [-0.15, -0.1) is 0 Å². The molecule has 0 spiro atoms. The maximum Gasteiger partial charge on any atom is 0.303 e. The Morgan fingerprint density at radius 1 is 1.47 bits per heavy atom. The summed E-state index contributed by atoms with van der Waals surface area (Å²) in [5.41, 5.74) is 5.54. The Bertz CT molecular complexity index is 377. The molecule has 0 aliphatic rings. The van der Waals surface area contributed by atoms with Gasteiger partial charge in [0.05, 0.1) is 6.42 Å². The van der Waals surface area contributed by atoms with Gasteiger partial charge >= 0.3 is 5.97 Å². The van der Waals surface area contributed by atoms with E-state index in [0.717, 1.165) is 0 Å². The minimum absolute atomic E-state index is 0.119. The molecule has 1 aromatic rings. The minimum atomic E-state index is -0.818. The topological polar surface area (TPSA) is 84.3 Å². The van der Waals surface area contributed by atoms with Crippen molar-refractivity contribution in [1.82, 2.24) is 0 Å². The van der Waals surface area contributed by atoms with Crippen LogP contribution in [0.3, 0.4) is 0 Å². The van der Waals surface area contributed by atoms with Crippen LogP contribution in [-0.4, -0.2) is 17.0 Å². The average Bonchev–Trinajstić information content (AvgIpc) is 2.17. The number of hydrogen-bond acceptors (Lipinski definition) is 2. The highest BCUT2D eigenvalue weighted by atomic mass is 16.4. The number of carbonyl (C=O) groups is 2. The summed E-state index contributed by atoms with van der Waals surface area (Å²) < 4.78 is 1.75. The largest absolute Gasteiger partial charge is 0.481 e. The molecule has 0 radical (unpaired) electrons. The fourth-order valence-corrected chi connectivity index (χ4v) is 1.22. The molecule has 0 fully saturated rings. The van der Waals surface area contributed by atoms with Crippen molar-refractivity contribution in [3.05, 3.63) is 30.1 Å². The Labute approximate surface area is 87.1 Å². The summed E-state index contributed by atoms with van der Waals surface area (Å²) >= 11 is 0. The van der Waals surface area contributed by atoms with Crippen molar-refractivity contribution in [2.45, 2.75) is 19.4 Å². The Morgan fingerprint density at radius 2 is 2.20 bits per heavy atom. The molecule has 0 atom stereocenters. The molecule has 0 saturated carbocycles. The van der Waals surface area contributed by atoms with E-state index in [1.807, 2.05) is 0 Å². The summed E-state index contributed by atoms with van der Waals surface area (Å²) in [6, 6.07) is 3.33. The van der Waals surface area contributed by atoms with Gasteiger partial charge in [-0.1, -0.05) is 0 Å². The van der Waals surface area contributed by atoms with Crippen molar-refractivity contribution in [3.63, 3.8) is 0 Å². The van der Waals surface area contributed by atoms with E-state index in [9.17, 15) is 9.59 Å². The van der Waals surface area contributed by atoms with Crippen LogP contribution in [0.25, 0.3) is 0 Å². The van der Waals surface area contributed by atoms with Gasteiger partial charge in [0.25, 0.3) is 5.91 Å². The number of carboxylic acids is 1. The third kappa shape index (κ3) is 3.76. The highest BCUT2D eigenvalue weighted by Gasteiger charge is 2.07. The van der Waals surface area contributed by atoms with E-state index in [2.05, 4.69) is 0 Å². The normalized spacial score (nSPS) is 9.87. The molecule has 5 heteroatoms. The first-order valence-corrected chi connectivity index (χ1v) is 4.60. The van der Waals surface area contributed by atoms with Gasteiger partial charge in [0.15, 0.2) is 12.4 Å². The van der Waals surface area contributed by atoms with Crippen LogP contribution in [0.2, 0.25) is 0 Å². The van der Waals surface area contributed by atoms with Crippen LogP contribution in [0.15, 0.2) is 24.5 Å². The Balaban J connectivity index is 2.58. The van der Waals surface area contributed by atoms with E-state index in [4.69, 9.17) is 10.8 Å². The van der Waals surface area contributed by atoms with Crippen LogP contribution in [0.1, 0.15) is 23.2 Å². The van der Waals surface area contributed by atoms with Gasteiger partial charge in [-0.25, -0.2) is 4.57 Å². The zero-order valence-electron chi connectivity index (χ0n) is 8.22. The van der Waals surface area contributed by atoms with Crippen molar-refractivity contribution in [3.8, 4) is 0 Å². The number of rotatable bonds is 5. The van der Waals surface area contributed by atoms with Gasteiger partial charge in [0, 0.05) is 12.5 Å². The Morgan fingerprint density at radius 3 is 2.80 bits per heavy atom. The van der Waals surface area contributed by atoms with Gasteiger partial charge < -0.3 is 10.8 Å². The third-order valence-electron chi connectivity index (χ3n) is 1.95. The zero-order chi connectivity index (χ0) is 11.3. The molecule has 0 bridgehead atoms. The lowest BCUT2D eigenvalue weighted by atomic mass is 10.2. The summed E-state index contributed by atoms with van der Waals surface area (Å²) in [4.78, 5) is 21.1. The number of aryl methyl sites for hydroxylation is 1. The smallest absolute Gasteiger partial charge is 0.303 e. The number of nitrogens with zero attached hydrogens (tertiary/aromatic N) is 1. The van der Waals surface area contributed by atoms with Crippen molar-refractivity contribution in [2.75, 3.05) is 0 Å². The lowest BCUT2D eigenvalue weighted by Crippen LogP contribution is -2.34. The number of primary amides is 1. The van der Waals surface area contributed by atoms with Crippen molar-refractivity contribution >= 4 is 11.9 Å². The molecule has 0 aliphatic heterocycles. The van der Waals surface area contributed by atoms with Crippen LogP contribution < -0.4 is 10.3 Å². The second kappa shape index (κ2) is 5.09. The summed E-state index contributed by atoms with van der Waals surface area (Å²) in [5.74, 6) is -1.30. The van der Waals surface area contributed by atoms with Gasteiger partial charge in [0.2, 0.25) is 0 Å². The SMILES string of the molecule is NC(=O)c1ccc[n+](CCCC(=O)O)c1. The fraction of sp³-hybridized carbons (Fsp3) is 0.300. The molecule has 0 aliphatic carbocycles. The molecular formula is C10H13N2O3+. The molecule has 0 saturated heterocycles. The second-order valence-corrected chi connectivity index (χ2v) is 3.19. The molecule has 0 aromatic carbocycles. The molecule has 1 heterocycles. The number of aromatic nitrogens is 1. The number of carbonyl (C=O) groups excluding carboxylic acids is 1. The molecular weight excluding hydrogens is 196 g/mol. The van der Waals surface area contributed by atoms with Gasteiger partial charge in [-0.05, 0) is 6.07 Å². The highest BCUT2D eigenvalue weighted by Crippen LogP contribution is 1.94. The molecule has 5 nitrogen and oxygen atoms in total. The quantitative estimate of drug-likeness (QED) is 0.666. The second-order valence-electron chi connectivity index (χ2n) is 3.19.